The van der Waals surface area contributed by atoms with Gasteiger partial charge < -0.3 is 29.5 Å². The number of nitrogens with zero attached hydrogens (tertiary/aromatic N) is 4. The van der Waals surface area contributed by atoms with E-state index in [-0.39, 0.29) is 40.0 Å². The Hall–Kier alpha value is -5.32. The molecule has 0 fully saturated rings. The van der Waals surface area contributed by atoms with Crippen molar-refractivity contribution < 1.29 is 29.5 Å². The highest BCUT2D eigenvalue weighted by Crippen LogP contribution is 2.42. The van der Waals surface area contributed by atoms with Gasteiger partial charge in [-0.2, -0.15) is 0 Å². The SMILES string of the molecule is COc1cc(N=C(O)c2cc3ccccc3c(N=Nc3cc(C(O)=Nc4ccccc4Cl)ccc3OC)c2O)c(OC)cc1Cl. The number of aliphatic hydroxyl groups excluding tert-OH is 2. The Morgan fingerprint density at radius 2 is 1.31 bits per heavy atom. The summed E-state index contributed by atoms with van der Waals surface area (Å²) in [5.41, 5.74) is 1.22. The number of rotatable bonds is 9. The Morgan fingerprint density at radius 1 is 0.622 bits per heavy atom. The van der Waals surface area contributed by atoms with Crippen LogP contribution in [0, 0.1) is 0 Å². The van der Waals surface area contributed by atoms with E-state index >= 15 is 0 Å². The standard InChI is InChI=1S/C33H26Cl2N4O6/c1-43-27-13-12-19(32(41)36-24-11-7-6-10-22(24)34)15-26(27)38-39-30-20-9-5-4-8-18(20)14-21(31(30)40)33(42)37-25-17-28(44-2)23(35)16-29(25)45-3/h4-17,40H,1-3H3,(H,36,41)(H,37,42). The Morgan fingerprint density at radius 3 is 2.04 bits per heavy atom. The van der Waals surface area contributed by atoms with Crippen molar-refractivity contribution in [3.8, 4) is 23.0 Å². The van der Waals surface area contributed by atoms with Crippen LogP contribution in [0.15, 0.2) is 105 Å². The van der Waals surface area contributed by atoms with Crippen molar-refractivity contribution in [1.29, 1.82) is 0 Å². The number of aromatic hydroxyl groups is 1. The van der Waals surface area contributed by atoms with Crippen LogP contribution in [0.4, 0.5) is 22.7 Å². The molecule has 0 amide bonds. The van der Waals surface area contributed by atoms with Crippen LogP contribution in [0.1, 0.15) is 11.1 Å². The molecule has 12 heteroatoms. The van der Waals surface area contributed by atoms with E-state index in [9.17, 15) is 15.3 Å². The molecule has 5 aromatic rings. The lowest BCUT2D eigenvalue weighted by Gasteiger charge is -2.12. The van der Waals surface area contributed by atoms with Crippen LogP contribution in [0.3, 0.4) is 0 Å². The molecule has 0 unspecified atom stereocenters. The third-order valence-corrected chi connectivity index (χ3v) is 7.30. The Balaban J connectivity index is 1.60. The third kappa shape index (κ3) is 6.62. The van der Waals surface area contributed by atoms with Gasteiger partial charge >= 0.3 is 0 Å². The van der Waals surface area contributed by atoms with Crippen molar-refractivity contribution in [2.75, 3.05) is 21.3 Å². The maximum atomic E-state index is 11.4. The molecule has 5 rings (SSSR count). The van der Waals surface area contributed by atoms with Crippen LogP contribution in [0.5, 0.6) is 23.0 Å². The highest BCUT2D eigenvalue weighted by atomic mass is 35.5. The van der Waals surface area contributed by atoms with Crippen LogP contribution in [0.2, 0.25) is 10.0 Å². The van der Waals surface area contributed by atoms with Gasteiger partial charge in [0, 0.05) is 23.1 Å². The van der Waals surface area contributed by atoms with E-state index < -0.39 is 5.90 Å². The van der Waals surface area contributed by atoms with E-state index in [1.807, 2.05) is 0 Å². The molecule has 45 heavy (non-hydrogen) atoms. The molecule has 0 saturated carbocycles. The van der Waals surface area contributed by atoms with E-state index in [2.05, 4.69) is 20.2 Å². The van der Waals surface area contributed by atoms with Gasteiger partial charge in [0.05, 0.1) is 42.6 Å². The number of ether oxygens (including phenoxy) is 3. The molecule has 0 aliphatic carbocycles. The number of para-hydroxylation sites is 1. The summed E-state index contributed by atoms with van der Waals surface area (Å²) in [4.78, 5) is 8.50. The normalized spacial score (nSPS) is 12.1. The number of hydrogen-bond donors (Lipinski definition) is 3. The molecule has 0 bridgehead atoms. The van der Waals surface area contributed by atoms with Gasteiger partial charge in [-0.05, 0) is 41.8 Å². The molecular weight excluding hydrogens is 619 g/mol. The number of halogens is 2. The second-order valence-electron chi connectivity index (χ2n) is 9.41. The number of fused-ring (bicyclic) bond motifs is 1. The van der Waals surface area contributed by atoms with Crippen LogP contribution >= 0.6 is 23.2 Å². The van der Waals surface area contributed by atoms with Crippen molar-refractivity contribution in [3.63, 3.8) is 0 Å². The number of hydrogen-bond acceptors (Lipinski definition) is 8. The minimum absolute atomic E-state index is 0.0103. The zero-order valence-corrected chi connectivity index (χ0v) is 25.7. The predicted octanol–water partition coefficient (Wildman–Crippen LogP) is 9.57. The molecule has 3 N–H and O–H groups in total. The molecule has 228 valence electrons. The van der Waals surface area contributed by atoms with Crippen molar-refractivity contribution >= 4 is 68.5 Å². The van der Waals surface area contributed by atoms with E-state index in [1.165, 1.54) is 39.5 Å². The van der Waals surface area contributed by atoms with E-state index in [0.717, 1.165) is 0 Å². The lowest BCUT2D eigenvalue weighted by Crippen LogP contribution is -2.00. The number of benzene rings is 5. The van der Waals surface area contributed by atoms with Crippen molar-refractivity contribution in [2.45, 2.75) is 0 Å². The highest BCUT2D eigenvalue weighted by Gasteiger charge is 2.19. The van der Waals surface area contributed by atoms with E-state index in [0.29, 0.717) is 43.6 Å². The number of azo groups is 1. The quantitative estimate of drug-likeness (QED) is 0.0829. The fourth-order valence-electron chi connectivity index (χ4n) is 4.43. The zero-order chi connectivity index (χ0) is 32.1. The summed E-state index contributed by atoms with van der Waals surface area (Å²) in [6.45, 7) is 0. The fraction of sp³-hybridized carbons (Fsp3) is 0.0909. The van der Waals surface area contributed by atoms with Gasteiger partial charge in [-0.1, -0.05) is 59.6 Å². The molecule has 0 atom stereocenters. The second kappa shape index (κ2) is 13.5. The molecule has 0 aromatic heterocycles. The summed E-state index contributed by atoms with van der Waals surface area (Å²) < 4.78 is 16.1. The summed E-state index contributed by atoms with van der Waals surface area (Å²) >= 11 is 12.4. The first-order valence-electron chi connectivity index (χ1n) is 13.3. The molecule has 0 saturated heterocycles. The van der Waals surface area contributed by atoms with E-state index in [4.69, 9.17) is 37.4 Å². The van der Waals surface area contributed by atoms with Gasteiger partial charge in [-0.3, -0.25) is 0 Å². The number of methoxy groups -OCH3 is 3. The molecular formula is C33H26Cl2N4O6. The lowest BCUT2D eigenvalue weighted by atomic mass is 10.0. The van der Waals surface area contributed by atoms with Crippen molar-refractivity contribution in [1.82, 2.24) is 0 Å². The summed E-state index contributed by atoms with van der Waals surface area (Å²) in [5.74, 6) is -0.246. The average Bonchev–Trinajstić information content (AvgIpc) is 3.05. The van der Waals surface area contributed by atoms with E-state index in [1.54, 1.807) is 66.7 Å². The molecule has 0 radical (unpaired) electrons. The largest absolute Gasteiger partial charge is 0.505 e. The van der Waals surface area contributed by atoms with Gasteiger partial charge in [0.25, 0.3) is 0 Å². The first-order valence-corrected chi connectivity index (χ1v) is 14.1. The monoisotopic (exact) mass is 644 g/mol. The van der Waals surface area contributed by atoms with Gasteiger partial charge in [-0.25, -0.2) is 9.98 Å². The van der Waals surface area contributed by atoms with Gasteiger partial charge in [0.15, 0.2) is 5.75 Å². The summed E-state index contributed by atoms with van der Waals surface area (Å²) in [7, 11) is 4.35. The predicted molar refractivity (Wildman–Crippen MR) is 176 cm³/mol. The molecule has 0 spiro atoms. The molecule has 0 aliphatic rings. The van der Waals surface area contributed by atoms with Crippen molar-refractivity contribution in [3.05, 3.63) is 106 Å². The maximum Gasteiger partial charge on any atom is 0.222 e. The molecule has 5 aromatic carbocycles. The Bertz CT molecular complexity index is 1990. The van der Waals surface area contributed by atoms with Crippen molar-refractivity contribution in [2.24, 2.45) is 20.2 Å². The Kier molecular flexibility index (Phi) is 9.36. The minimum Gasteiger partial charge on any atom is -0.505 e. The minimum atomic E-state index is -0.516. The molecule has 0 heterocycles. The topological polar surface area (TPSA) is 138 Å². The first-order chi connectivity index (χ1) is 21.7. The summed E-state index contributed by atoms with van der Waals surface area (Å²) in [6.07, 6.45) is 0. The Labute approximate surface area is 268 Å². The van der Waals surface area contributed by atoms with Gasteiger partial charge in [-0.15, -0.1) is 10.2 Å². The molecule has 0 aliphatic heterocycles. The lowest BCUT2D eigenvalue weighted by molar-refractivity contribution is 0.404. The maximum absolute atomic E-state index is 11.4. The van der Waals surface area contributed by atoms with Crippen LogP contribution < -0.4 is 14.2 Å². The third-order valence-electron chi connectivity index (χ3n) is 6.69. The van der Waals surface area contributed by atoms with Crippen LogP contribution in [-0.4, -0.2) is 48.4 Å². The number of aliphatic hydroxyl groups is 2. The number of phenols is 1. The highest BCUT2D eigenvalue weighted by molar-refractivity contribution is 6.33. The first kappa shape index (κ1) is 31.1. The van der Waals surface area contributed by atoms with Crippen LogP contribution in [-0.2, 0) is 0 Å². The zero-order valence-electron chi connectivity index (χ0n) is 24.2. The summed E-state index contributed by atoms with van der Waals surface area (Å²) in [6, 6.07) is 23.3. The fourth-order valence-corrected chi connectivity index (χ4v) is 4.84. The number of aliphatic imine (C=N–C) groups is 2. The van der Waals surface area contributed by atoms with Gasteiger partial charge in [0.1, 0.15) is 34.3 Å². The average molecular weight is 645 g/mol. The van der Waals surface area contributed by atoms with Crippen LogP contribution in [0.25, 0.3) is 10.8 Å². The summed E-state index contributed by atoms with van der Waals surface area (Å²) in [5, 5.41) is 43.8. The molecule has 10 nitrogen and oxygen atoms in total. The van der Waals surface area contributed by atoms with Gasteiger partial charge in [0.2, 0.25) is 11.8 Å². The number of phenolic OH excluding ortho intramolecular Hbond substituents is 1. The second-order valence-corrected chi connectivity index (χ2v) is 10.2. The smallest absolute Gasteiger partial charge is 0.222 e.